The van der Waals surface area contributed by atoms with Crippen LogP contribution in [0.5, 0.6) is 0 Å². The van der Waals surface area contributed by atoms with Gasteiger partial charge in [-0.15, -0.1) is 0 Å². The molecule has 0 bridgehead atoms. The number of alkyl halides is 6. The average molecular weight is 480 g/mol. The van der Waals surface area contributed by atoms with Crippen molar-refractivity contribution in [3.8, 4) is 0 Å². The van der Waals surface area contributed by atoms with E-state index < -0.39 is 55.5 Å². The number of sulfone groups is 1. The summed E-state index contributed by atoms with van der Waals surface area (Å²) in [5.41, 5.74) is -2.25. The molecule has 1 saturated carbocycles. The van der Waals surface area contributed by atoms with Crippen LogP contribution in [-0.4, -0.2) is 30.6 Å². The zero-order valence-electron chi connectivity index (χ0n) is 16.4. The Bertz CT molecular complexity index is 1070. The lowest BCUT2D eigenvalue weighted by molar-refractivity contribution is -0.141. The molecule has 1 fully saturated rings. The summed E-state index contributed by atoms with van der Waals surface area (Å²) in [6.07, 6.45) is -7.74. The van der Waals surface area contributed by atoms with Crippen molar-refractivity contribution in [3.05, 3.63) is 59.4 Å². The van der Waals surface area contributed by atoms with Crippen LogP contribution < -0.4 is 5.32 Å². The molecular weight excluding hydrogens is 462 g/mol. The van der Waals surface area contributed by atoms with Crippen LogP contribution in [0.3, 0.4) is 0 Å². The topological polar surface area (TPSA) is 76.1 Å². The van der Waals surface area contributed by atoms with Gasteiger partial charge in [0.15, 0.2) is 9.84 Å². The van der Waals surface area contributed by atoms with Crippen molar-refractivity contribution in [1.82, 2.24) is 10.3 Å². The molecule has 0 aliphatic heterocycles. The Morgan fingerprint density at radius 2 is 1.59 bits per heavy atom. The van der Waals surface area contributed by atoms with Gasteiger partial charge in [0, 0.05) is 12.2 Å². The number of amides is 1. The molecule has 174 valence electrons. The highest BCUT2D eigenvalue weighted by atomic mass is 32.2. The molecule has 3 rings (SSSR count). The minimum absolute atomic E-state index is 0.0725. The second-order valence-corrected chi connectivity index (χ2v) is 9.68. The van der Waals surface area contributed by atoms with Gasteiger partial charge < -0.3 is 5.32 Å². The van der Waals surface area contributed by atoms with Crippen molar-refractivity contribution in [2.24, 2.45) is 0 Å². The predicted octanol–water partition coefficient (Wildman–Crippen LogP) is 4.63. The molecule has 32 heavy (non-hydrogen) atoms. The van der Waals surface area contributed by atoms with Gasteiger partial charge in [-0.05, 0) is 56.0 Å². The molecule has 12 heteroatoms. The summed E-state index contributed by atoms with van der Waals surface area (Å²) in [4.78, 5) is 15.1. The molecule has 5 nitrogen and oxygen atoms in total. The van der Waals surface area contributed by atoms with Gasteiger partial charge in [0.2, 0.25) is 0 Å². The summed E-state index contributed by atoms with van der Waals surface area (Å²) < 4.78 is 102. The van der Waals surface area contributed by atoms with E-state index in [1.54, 1.807) is 0 Å². The number of nitrogens with zero attached hydrogens (tertiary/aromatic N) is 1. The smallest absolute Gasteiger partial charge is 0.349 e. The molecule has 2 aromatic rings. The molecule has 1 N–H and O–H groups in total. The van der Waals surface area contributed by atoms with Crippen LogP contribution in [-0.2, 0) is 22.2 Å². The molecule has 1 aliphatic rings. The quantitative estimate of drug-likeness (QED) is 0.648. The lowest BCUT2D eigenvalue weighted by Gasteiger charge is -2.29. The number of carbonyl (C=O) groups is 1. The molecule has 0 unspecified atom stereocenters. The first-order chi connectivity index (χ1) is 14.8. The number of nitrogens with one attached hydrogen (secondary N) is 1. The maximum absolute atomic E-state index is 12.9. The number of aromatic nitrogens is 1. The number of hydrogen-bond donors (Lipinski definition) is 1. The van der Waals surface area contributed by atoms with Gasteiger partial charge in [-0.3, -0.25) is 9.78 Å². The lowest BCUT2D eigenvalue weighted by atomic mass is 9.95. The number of benzene rings is 1. The second kappa shape index (κ2) is 8.72. The lowest BCUT2D eigenvalue weighted by Crippen LogP contribution is -2.40. The van der Waals surface area contributed by atoms with Crippen molar-refractivity contribution in [3.63, 3.8) is 0 Å². The maximum Gasteiger partial charge on any atom is 0.433 e. The number of carbonyl (C=O) groups excluding carboxylic acids is 1. The normalized spacial score (nSPS) is 20.1. The Hall–Kier alpha value is -2.63. The fraction of sp³-hybridized carbons (Fsp3) is 0.400. The second-order valence-electron chi connectivity index (χ2n) is 7.45. The van der Waals surface area contributed by atoms with Crippen LogP contribution in [0.4, 0.5) is 26.3 Å². The molecule has 0 spiro atoms. The van der Waals surface area contributed by atoms with Gasteiger partial charge in [-0.25, -0.2) is 8.42 Å². The molecule has 1 aromatic carbocycles. The average Bonchev–Trinajstić information content (AvgIpc) is 2.73. The first-order valence-electron chi connectivity index (χ1n) is 9.54. The molecule has 1 aromatic heterocycles. The number of halogens is 6. The van der Waals surface area contributed by atoms with Crippen molar-refractivity contribution in [2.75, 3.05) is 0 Å². The van der Waals surface area contributed by atoms with Gasteiger partial charge in [0.05, 0.1) is 21.3 Å². The number of rotatable bonds is 4. The monoisotopic (exact) mass is 480 g/mol. The first kappa shape index (κ1) is 24.0. The van der Waals surface area contributed by atoms with E-state index in [-0.39, 0.29) is 31.2 Å². The molecule has 1 aliphatic carbocycles. The molecule has 1 amide bonds. The van der Waals surface area contributed by atoms with E-state index in [0.717, 1.165) is 30.5 Å². The van der Waals surface area contributed by atoms with Crippen molar-refractivity contribution in [2.45, 2.75) is 54.2 Å². The van der Waals surface area contributed by atoms with Crippen molar-refractivity contribution in [1.29, 1.82) is 0 Å². The highest BCUT2D eigenvalue weighted by molar-refractivity contribution is 7.92. The third kappa shape index (κ3) is 5.40. The Morgan fingerprint density at radius 1 is 0.938 bits per heavy atom. The van der Waals surface area contributed by atoms with E-state index in [1.807, 2.05) is 0 Å². The van der Waals surface area contributed by atoms with Crippen LogP contribution in [0.1, 0.15) is 47.3 Å². The minimum atomic E-state index is -4.67. The first-order valence-corrected chi connectivity index (χ1v) is 11.1. The highest BCUT2D eigenvalue weighted by Gasteiger charge is 2.36. The molecule has 1 heterocycles. The molecule has 0 saturated heterocycles. The van der Waals surface area contributed by atoms with Crippen LogP contribution in [0.2, 0.25) is 0 Å². The third-order valence-electron chi connectivity index (χ3n) is 5.25. The van der Waals surface area contributed by atoms with Crippen LogP contribution >= 0.6 is 0 Å². The fourth-order valence-corrected chi connectivity index (χ4v) is 5.36. The molecule has 0 radical (unpaired) electrons. The summed E-state index contributed by atoms with van der Waals surface area (Å²) in [7, 11) is -4.00. The Kier molecular flexibility index (Phi) is 6.55. The zero-order valence-corrected chi connectivity index (χ0v) is 17.2. The summed E-state index contributed by atoms with van der Waals surface area (Å²) >= 11 is 0. The van der Waals surface area contributed by atoms with Crippen LogP contribution in [0, 0.1) is 0 Å². The maximum atomic E-state index is 12.9. The van der Waals surface area contributed by atoms with Crippen molar-refractivity contribution >= 4 is 15.7 Å². The standard InChI is InChI=1S/C20H18F6N2O3S/c21-19(22,23)13-2-1-3-16(10-13)32(30,31)15-7-5-14(6-8-15)28-18(29)12-4-9-17(27-11-12)20(24,25)26/h1-4,9-11,14-15H,5-8H2,(H,28,29)/t14-,15-. The van der Waals surface area contributed by atoms with E-state index in [9.17, 15) is 39.6 Å². The van der Waals surface area contributed by atoms with Crippen LogP contribution in [0.25, 0.3) is 0 Å². The van der Waals surface area contributed by atoms with Gasteiger partial charge in [-0.1, -0.05) is 6.07 Å². The van der Waals surface area contributed by atoms with E-state index >= 15 is 0 Å². The number of pyridine rings is 1. The summed E-state index contributed by atoms with van der Waals surface area (Å²) in [6, 6.07) is 4.83. The summed E-state index contributed by atoms with van der Waals surface area (Å²) in [5, 5.41) is 1.73. The summed E-state index contributed by atoms with van der Waals surface area (Å²) in [5.74, 6) is -0.643. The molecular formula is C20H18F6N2O3S. The van der Waals surface area contributed by atoms with E-state index in [2.05, 4.69) is 10.3 Å². The van der Waals surface area contributed by atoms with Gasteiger partial charge >= 0.3 is 12.4 Å². The highest BCUT2D eigenvalue weighted by Crippen LogP contribution is 2.34. The Labute approximate surface area is 179 Å². The SMILES string of the molecule is O=C(N[C@H]1CC[C@H](S(=O)(=O)c2cccc(C(F)(F)F)c2)CC1)c1ccc(C(F)(F)F)nc1. The van der Waals surface area contributed by atoms with Crippen LogP contribution in [0.15, 0.2) is 47.5 Å². The van der Waals surface area contributed by atoms with Crippen molar-refractivity contribution < 1.29 is 39.6 Å². The van der Waals surface area contributed by atoms with Gasteiger partial charge in [0.1, 0.15) is 5.69 Å². The zero-order chi connectivity index (χ0) is 23.7. The Balaban J connectivity index is 1.62. The predicted molar refractivity (Wildman–Crippen MR) is 101 cm³/mol. The number of hydrogen-bond acceptors (Lipinski definition) is 4. The fourth-order valence-electron chi connectivity index (χ4n) is 3.52. The summed E-state index contributed by atoms with van der Waals surface area (Å²) in [6.45, 7) is 0. The van der Waals surface area contributed by atoms with E-state index in [1.165, 1.54) is 0 Å². The van der Waals surface area contributed by atoms with E-state index in [0.29, 0.717) is 12.1 Å². The van der Waals surface area contributed by atoms with Gasteiger partial charge in [0.25, 0.3) is 5.91 Å². The van der Waals surface area contributed by atoms with Gasteiger partial charge in [-0.2, -0.15) is 26.3 Å². The molecule has 0 atom stereocenters. The Morgan fingerprint density at radius 3 is 2.12 bits per heavy atom. The third-order valence-corrected chi connectivity index (χ3v) is 7.51. The minimum Gasteiger partial charge on any atom is -0.349 e. The van der Waals surface area contributed by atoms with E-state index in [4.69, 9.17) is 0 Å². The largest absolute Gasteiger partial charge is 0.433 e.